The second kappa shape index (κ2) is 6.30. The van der Waals surface area contributed by atoms with Crippen LogP contribution in [0.25, 0.3) is 22.2 Å². The van der Waals surface area contributed by atoms with Crippen LogP contribution in [-0.2, 0) is 17.9 Å². The highest BCUT2D eigenvalue weighted by Gasteiger charge is 2.48. The number of nitrogens with zero attached hydrogens (tertiary/aromatic N) is 4. The lowest BCUT2D eigenvalue weighted by atomic mass is 9.81. The van der Waals surface area contributed by atoms with Crippen LogP contribution in [0.4, 0.5) is 14.7 Å². The Morgan fingerprint density at radius 2 is 2.11 bits per heavy atom. The van der Waals surface area contributed by atoms with E-state index >= 15 is 0 Å². The highest BCUT2D eigenvalue weighted by Crippen LogP contribution is 2.42. The summed E-state index contributed by atoms with van der Waals surface area (Å²) in [5.74, 6) is -2.76. The Bertz CT molecular complexity index is 1070. The van der Waals surface area contributed by atoms with Crippen molar-refractivity contribution in [2.75, 3.05) is 11.9 Å². The highest BCUT2D eigenvalue weighted by atomic mass is 19.3. The average Bonchev–Trinajstić information content (AvgIpc) is 3.09. The molecule has 3 aromatic rings. The Morgan fingerprint density at radius 3 is 2.93 bits per heavy atom. The lowest BCUT2D eigenvalue weighted by Crippen LogP contribution is -2.42. The summed E-state index contributed by atoms with van der Waals surface area (Å²) in [4.78, 5) is 25.1. The number of aromatic nitrogens is 4. The summed E-state index contributed by atoms with van der Waals surface area (Å²) in [6, 6.07) is 5.84. The Kier molecular flexibility index (Phi) is 3.87. The average molecular weight is 384 g/mol. The number of rotatable bonds is 3. The number of fused-ring (bicyclic) bond motifs is 2. The molecule has 1 saturated carbocycles. The lowest BCUT2D eigenvalue weighted by Gasteiger charge is -2.33. The zero-order chi connectivity index (χ0) is 19.3. The Morgan fingerprint density at radius 1 is 1.25 bits per heavy atom. The van der Waals surface area contributed by atoms with Crippen molar-refractivity contribution in [1.82, 2.24) is 24.8 Å². The molecule has 144 valence electrons. The number of imidazole rings is 1. The molecule has 0 unspecified atom stereocenters. The fourth-order valence-electron chi connectivity index (χ4n) is 3.73. The summed E-state index contributed by atoms with van der Waals surface area (Å²) in [6.45, 7) is 2.48. The standard InChI is InChI=1S/C19H18F2N6O/c20-19(21)6-13(7-19)17(28)26-18-24-8-12-2-1-11(5-14(12)25-18)15-9-23-16-10-22-3-4-27(15)16/h1-2,5,8-9,13,22H,3-4,6-7,10H2,(H,24,25,26,28). The van der Waals surface area contributed by atoms with Gasteiger partial charge < -0.3 is 9.88 Å². The molecule has 2 aliphatic rings. The second-order valence-electron chi connectivity index (χ2n) is 7.31. The number of anilines is 1. The van der Waals surface area contributed by atoms with Gasteiger partial charge >= 0.3 is 0 Å². The minimum absolute atomic E-state index is 0.129. The van der Waals surface area contributed by atoms with Crippen LogP contribution in [0.15, 0.2) is 30.6 Å². The predicted molar refractivity (Wildman–Crippen MR) is 98.8 cm³/mol. The van der Waals surface area contributed by atoms with Crippen LogP contribution in [-0.4, -0.2) is 37.9 Å². The topological polar surface area (TPSA) is 84.7 Å². The molecule has 2 N–H and O–H groups in total. The molecule has 5 rings (SSSR count). The van der Waals surface area contributed by atoms with Crippen LogP contribution in [0.1, 0.15) is 18.7 Å². The van der Waals surface area contributed by atoms with Crippen LogP contribution in [0.5, 0.6) is 0 Å². The number of hydrogen-bond acceptors (Lipinski definition) is 5. The van der Waals surface area contributed by atoms with Crippen molar-refractivity contribution < 1.29 is 13.6 Å². The van der Waals surface area contributed by atoms with E-state index in [1.165, 1.54) is 0 Å². The SMILES string of the molecule is O=C(Nc1ncc2ccc(-c3cnc4n3CCNC4)cc2n1)C1CC(F)(F)C1. The number of carbonyl (C=O) groups excluding carboxylic acids is 1. The van der Waals surface area contributed by atoms with Crippen molar-refractivity contribution in [2.24, 2.45) is 5.92 Å². The van der Waals surface area contributed by atoms with Gasteiger partial charge in [-0.15, -0.1) is 0 Å². The quantitative estimate of drug-likeness (QED) is 0.725. The van der Waals surface area contributed by atoms with Gasteiger partial charge in [0.15, 0.2) is 0 Å². The van der Waals surface area contributed by atoms with Crippen LogP contribution in [0.2, 0.25) is 0 Å². The van der Waals surface area contributed by atoms with Gasteiger partial charge in [-0.3, -0.25) is 10.1 Å². The first-order valence-electron chi connectivity index (χ1n) is 9.19. The van der Waals surface area contributed by atoms with Gasteiger partial charge in [0.1, 0.15) is 5.82 Å². The lowest BCUT2D eigenvalue weighted by molar-refractivity contribution is -0.145. The molecular formula is C19H18F2N6O. The van der Waals surface area contributed by atoms with Crippen molar-refractivity contribution in [3.05, 3.63) is 36.4 Å². The number of halogens is 2. The molecule has 0 bridgehead atoms. The van der Waals surface area contributed by atoms with Crippen molar-refractivity contribution in [3.63, 3.8) is 0 Å². The molecule has 0 radical (unpaired) electrons. The van der Waals surface area contributed by atoms with Crippen LogP contribution >= 0.6 is 0 Å². The van der Waals surface area contributed by atoms with E-state index in [0.717, 1.165) is 42.1 Å². The summed E-state index contributed by atoms with van der Waals surface area (Å²) in [5, 5.41) is 6.68. The van der Waals surface area contributed by atoms with Crippen LogP contribution < -0.4 is 10.6 Å². The zero-order valence-corrected chi connectivity index (χ0v) is 15.0. The molecule has 0 spiro atoms. The Labute approximate surface area is 159 Å². The van der Waals surface area contributed by atoms with Crippen LogP contribution in [0.3, 0.4) is 0 Å². The van der Waals surface area contributed by atoms with E-state index in [-0.39, 0.29) is 5.95 Å². The van der Waals surface area contributed by atoms with E-state index in [0.29, 0.717) is 5.52 Å². The molecule has 0 atom stereocenters. The molecule has 1 aromatic carbocycles. The molecule has 28 heavy (non-hydrogen) atoms. The van der Waals surface area contributed by atoms with Crippen molar-refractivity contribution >= 4 is 22.8 Å². The van der Waals surface area contributed by atoms with E-state index < -0.39 is 30.6 Å². The van der Waals surface area contributed by atoms with Gasteiger partial charge in [-0.2, -0.15) is 0 Å². The molecule has 1 amide bonds. The van der Waals surface area contributed by atoms with E-state index in [2.05, 4.69) is 30.2 Å². The molecule has 1 fully saturated rings. The third-order valence-corrected chi connectivity index (χ3v) is 5.31. The van der Waals surface area contributed by atoms with Gasteiger partial charge in [-0.1, -0.05) is 12.1 Å². The summed E-state index contributed by atoms with van der Waals surface area (Å²) in [7, 11) is 0. The molecule has 7 nitrogen and oxygen atoms in total. The summed E-state index contributed by atoms with van der Waals surface area (Å²) >= 11 is 0. The second-order valence-corrected chi connectivity index (χ2v) is 7.31. The molecule has 9 heteroatoms. The smallest absolute Gasteiger partial charge is 0.249 e. The summed E-state index contributed by atoms with van der Waals surface area (Å²) in [5.41, 5.74) is 2.66. The Hall–Kier alpha value is -2.94. The molecule has 1 aliphatic carbocycles. The minimum Gasteiger partial charge on any atom is -0.326 e. The third kappa shape index (κ3) is 3.01. The number of nitrogens with one attached hydrogen (secondary N) is 2. The number of benzene rings is 1. The minimum atomic E-state index is -2.74. The number of carbonyl (C=O) groups is 1. The monoisotopic (exact) mass is 384 g/mol. The summed E-state index contributed by atoms with van der Waals surface area (Å²) in [6.07, 6.45) is 2.63. The maximum Gasteiger partial charge on any atom is 0.249 e. The molecular weight excluding hydrogens is 366 g/mol. The largest absolute Gasteiger partial charge is 0.326 e. The van der Waals surface area contributed by atoms with Crippen molar-refractivity contribution in [3.8, 4) is 11.3 Å². The van der Waals surface area contributed by atoms with Gasteiger partial charge in [0.2, 0.25) is 17.8 Å². The van der Waals surface area contributed by atoms with Crippen molar-refractivity contribution in [2.45, 2.75) is 31.9 Å². The fourth-order valence-corrected chi connectivity index (χ4v) is 3.73. The molecule has 1 aliphatic heterocycles. The van der Waals surface area contributed by atoms with Gasteiger partial charge in [0.25, 0.3) is 0 Å². The molecule has 2 aromatic heterocycles. The maximum absolute atomic E-state index is 13.0. The number of hydrogen-bond donors (Lipinski definition) is 2. The number of alkyl halides is 2. The van der Waals surface area contributed by atoms with E-state index in [4.69, 9.17) is 0 Å². The third-order valence-electron chi connectivity index (χ3n) is 5.31. The van der Waals surface area contributed by atoms with Gasteiger partial charge in [-0.05, 0) is 6.07 Å². The van der Waals surface area contributed by atoms with Gasteiger partial charge in [-0.25, -0.2) is 23.7 Å². The fraction of sp³-hybridized carbons (Fsp3) is 0.368. The highest BCUT2D eigenvalue weighted by molar-refractivity contribution is 5.93. The molecule has 3 heterocycles. The van der Waals surface area contributed by atoms with E-state index in [9.17, 15) is 13.6 Å². The molecule has 0 saturated heterocycles. The van der Waals surface area contributed by atoms with Gasteiger partial charge in [0.05, 0.1) is 24.0 Å². The summed E-state index contributed by atoms with van der Waals surface area (Å²) < 4.78 is 28.1. The zero-order valence-electron chi connectivity index (χ0n) is 15.0. The number of amides is 1. The first-order valence-corrected chi connectivity index (χ1v) is 9.19. The van der Waals surface area contributed by atoms with Crippen molar-refractivity contribution in [1.29, 1.82) is 0 Å². The normalized spacial score (nSPS) is 18.5. The van der Waals surface area contributed by atoms with Crippen LogP contribution in [0, 0.1) is 5.92 Å². The van der Waals surface area contributed by atoms with E-state index in [1.807, 2.05) is 24.4 Å². The predicted octanol–water partition coefficient (Wildman–Crippen LogP) is 2.58. The maximum atomic E-state index is 13.0. The first kappa shape index (κ1) is 17.2. The Balaban J connectivity index is 1.42. The first-order chi connectivity index (χ1) is 13.5. The van der Waals surface area contributed by atoms with E-state index in [1.54, 1.807) is 6.20 Å². The van der Waals surface area contributed by atoms with Gasteiger partial charge in [0, 0.05) is 49.0 Å².